The summed E-state index contributed by atoms with van der Waals surface area (Å²) in [5.41, 5.74) is 0.0791. The summed E-state index contributed by atoms with van der Waals surface area (Å²) in [6, 6.07) is 0. The van der Waals surface area contributed by atoms with Gasteiger partial charge in [0.25, 0.3) is 0 Å². The van der Waals surface area contributed by atoms with E-state index in [2.05, 4.69) is 6.58 Å². The van der Waals surface area contributed by atoms with Gasteiger partial charge in [-0.1, -0.05) is 27.4 Å². The molecule has 0 fully saturated rings. The van der Waals surface area contributed by atoms with Gasteiger partial charge in [-0.15, -0.1) is 0 Å². The van der Waals surface area contributed by atoms with E-state index in [1.54, 1.807) is 6.92 Å². The van der Waals surface area contributed by atoms with Gasteiger partial charge in [0, 0.05) is 17.4 Å². The topological polar surface area (TPSA) is 43.4 Å². The maximum absolute atomic E-state index is 11.5. The molecule has 0 radical (unpaired) electrons. The van der Waals surface area contributed by atoms with Crippen molar-refractivity contribution in [2.75, 3.05) is 6.61 Å². The van der Waals surface area contributed by atoms with Crippen LogP contribution in [-0.2, 0) is 14.3 Å². The first-order valence-electron chi connectivity index (χ1n) is 5.11. The van der Waals surface area contributed by atoms with Gasteiger partial charge in [-0.05, 0) is 13.3 Å². The Morgan fingerprint density at radius 3 is 2.20 bits per heavy atom. The van der Waals surface area contributed by atoms with E-state index < -0.39 is 5.97 Å². The van der Waals surface area contributed by atoms with Crippen LogP contribution < -0.4 is 0 Å². The van der Waals surface area contributed by atoms with Crippen molar-refractivity contribution in [2.24, 2.45) is 5.41 Å². The highest BCUT2D eigenvalue weighted by atomic mass is 16.5. The van der Waals surface area contributed by atoms with Gasteiger partial charge in [-0.25, -0.2) is 4.79 Å². The number of ketones is 1. The molecule has 3 nitrogen and oxygen atoms in total. The average molecular weight is 212 g/mol. The molecule has 0 aromatic rings. The van der Waals surface area contributed by atoms with Crippen LogP contribution in [0.2, 0.25) is 0 Å². The van der Waals surface area contributed by atoms with Crippen LogP contribution >= 0.6 is 0 Å². The Morgan fingerprint density at radius 1 is 1.27 bits per heavy atom. The summed E-state index contributed by atoms with van der Waals surface area (Å²) in [5, 5.41) is 0. The highest BCUT2D eigenvalue weighted by Crippen LogP contribution is 2.17. The van der Waals surface area contributed by atoms with E-state index in [0.717, 1.165) is 0 Å². The molecule has 0 aromatic carbocycles. The third-order valence-corrected chi connectivity index (χ3v) is 1.97. The minimum atomic E-state index is -0.391. The summed E-state index contributed by atoms with van der Waals surface area (Å²) in [6.45, 7) is 11.0. The van der Waals surface area contributed by atoms with Crippen molar-refractivity contribution in [3.05, 3.63) is 12.2 Å². The molecule has 0 bridgehead atoms. The number of carbonyl (C=O) groups is 2. The summed E-state index contributed by atoms with van der Waals surface area (Å²) in [4.78, 5) is 22.5. The molecule has 0 rings (SSSR count). The van der Waals surface area contributed by atoms with Crippen molar-refractivity contribution in [3.8, 4) is 0 Å². The van der Waals surface area contributed by atoms with E-state index in [4.69, 9.17) is 4.74 Å². The van der Waals surface area contributed by atoms with E-state index >= 15 is 0 Å². The van der Waals surface area contributed by atoms with Crippen molar-refractivity contribution in [1.29, 1.82) is 0 Å². The lowest BCUT2D eigenvalue weighted by Gasteiger charge is -2.16. The van der Waals surface area contributed by atoms with Crippen molar-refractivity contribution in [2.45, 2.75) is 40.5 Å². The van der Waals surface area contributed by atoms with Gasteiger partial charge in [0.2, 0.25) is 0 Å². The van der Waals surface area contributed by atoms with E-state index in [1.165, 1.54) is 0 Å². The third-order valence-electron chi connectivity index (χ3n) is 1.97. The Labute approximate surface area is 91.5 Å². The fourth-order valence-electron chi connectivity index (χ4n) is 0.896. The first kappa shape index (κ1) is 13.9. The Balaban J connectivity index is 3.69. The molecule has 86 valence electrons. The normalized spacial score (nSPS) is 10.9. The molecule has 3 heteroatoms. The second-order valence-electron chi connectivity index (χ2n) is 4.69. The van der Waals surface area contributed by atoms with Crippen LogP contribution in [0.4, 0.5) is 0 Å². The van der Waals surface area contributed by atoms with Crippen LogP contribution in [0.3, 0.4) is 0 Å². The first-order valence-corrected chi connectivity index (χ1v) is 5.11. The molecule has 0 aliphatic rings. The number of Topliss-reactive ketones (excluding diaryl/α,β-unsaturated/α-hetero) is 1. The minimum absolute atomic E-state index is 0.189. The van der Waals surface area contributed by atoms with Crippen LogP contribution in [0.25, 0.3) is 0 Å². The van der Waals surface area contributed by atoms with Crippen molar-refractivity contribution >= 4 is 11.8 Å². The highest BCUT2D eigenvalue weighted by molar-refractivity contribution is 5.87. The molecule has 0 N–H and O–H groups in total. The number of esters is 1. The molecule has 0 unspecified atom stereocenters. The summed E-state index contributed by atoms with van der Waals surface area (Å²) < 4.78 is 4.88. The molecule has 0 atom stereocenters. The van der Waals surface area contributed by atoms with Crippen LogP contribution in [0, 0.1) is 5.41 Å². The zero-order valence-corrected chi connectivity index (χ0v) is 10.1. The lowest BCUT2D eigenvalue weighted by molar-refractivity contribution is -0.139. The summed E-state index contributed by atoms with van der Waals surface area (Å²) >= 11 is 0. The molecule has 0 saturated carbocycles. The zero-order valence-electron chi connectivity index (χ0n) is 10.1. The largest absolute Gasteiger partial charge is 0.462 e. The number of ether oxygens (including phenoxy) is 1. The van der Waals surface area contributed by atoms with Gasteiger partial charge in [0.15, 0.2) is 0 Å². The fourth-order valence-corrected chi connectivity index (χ4v) is 0.896. The van der Waals surface area contributed by atoms with Gasteiger partial charge in [0.1, 0.15) is 5.78 Å². The van der Waals surface area contributed by atoms with Crippen LogP contribution in [-0.4, -0.2) is 18.4 Å². The van der Waals surface area contributed by atoms with Crippen LogP contribution in [0.1, 0.15) is 40.5 Å². The fraction of sp³-hybridized carbons (Fsp3) is 0.667. The van der Waals surface area contributed by atoms with Crippen molar-refractivity contribution in [1.82, 2.24) is 0 Å². The predicted octanol–water partition coefficient (Wildman–Crippen LogP) is 2.50. The van der Waals surface area contributed by atoms with Gasteiger partial charge in [-0.3, -0.25) is 4.79 Å². The molecular formula is C12H20O3. The Hall–Kier alpha value is -1.12. The van der Waals surface area contributed by atoms with Gasteiger partial charge >= 0.3 is 5.97 Å². The number of hydrogen-bond acceptors (Lipinski definition) is 3. The number of carbonyl (C=O) groups excluding carboxylic acids is 2. The Kier molecular flexibility index (Phi) is 5.26. The SMILES string of the molecule is C=C(C)C(=O)OCCCC(=O)C(C)(C)C. The summed E-state index contributed by atoms with van der Waals surface area (Å²) in [7, 11) is 0. The maximum Gasteiger partial charge on any atom is 0.333 e. The summed E-state index contributed by atoms with van der Waals surface area (Å²) in [5.74, 6) is -0.202. The molecule has 0 aliphatic heterocycles. The molecule has 0 saturated heterocycles. The smallest absolute Gasteiger partial charge is 0.333 e. The summed E-state index contributed by atoms with van der Waals surface area (Å²) in [6.07, 6.45) is 1.03. The van der Waals surface area contributed by atoms with Gasteiger partial charge in [0.05, 0.1) is 6.61 Å². The maximum atomic E-state index is 11.5. The van der Waals surface area contributed by atoms with E-state index in [-0.39, 0.29) is 17.8 Å². The van der Waals surface area contributed by atoms with E-state index in [0.29, 0.717) is 18.4 Å². The lowest BCUT2D eigenvalue weighted by Crippen LogP contribution is -2.20. The molecule has 0 amide bonds. The van der Waals surface area contributed by atoms with Crippen LogP contribution in [0.15, 0.2) is 12.2 Å². The van der Waals surface area contributed by atoms with Gasteiger partial charge in [-0.2, -0.15) is 0 Å². The molecule has 15 heavy (non-hydrogen) atoms. The molecule has 0 heterocycles. The second kappa shape index (κ2) is 5.69. The number of rotatable bonds is 5. The second-order valence-corrected chi connectivity index (χ2v) is 4.69. The molecule has 0 aromatic heterocycles. The molecule has 0 spiro atoms. The Bertz CT molecular complexity index is 259. The molecule has 0 aliphatic carbocycles. The minimum Gasteiger partial charge on any atom is -0.462 e. The monoisotopic (exact) mass is 212 g/mol. The standard InChI is InChI=1S/C12H20O3/c1-9(2)11(14)15-8-6-7-10(13)12(3,4)5/h1,6-8H2,2-5H3. The lowest BCUT2D eigenvalue weighted by atomic mass is 9.88. The van der Waals surface area contributed by atoms with Crippen molar-refractivity contribution in [3.63, 3.8) is 0 Å². The first-order chi connectivity index (χ1) is 6.75. The highest BCUT2D eigenvalue weighted by Gasteiger charge is 2.20. The van der Waals surface area contributed by atoms with Crippen LogP contribution in [0.5, 0.6) is 0 Å². The quantitative estimate of drug-likeness (QED) is 0.399. The van der Waals surface area contributed by atoms with E-state index in [1.807, 2.05) is 20.8 Å². The zero-order chi connectivity index (χ0) is 12.1. The number of hydrogen-bond donors (Lipinski definition) is 0. The Morgan fingerprint density at radius 2 is 1.80 bits per heavy atom. The van der Waals surface area contributed by atoms with Crippen molar-refractivity contribution < 1.29 is 14.3 Å². The average Bonchev–Trinajstić information content (AvgIpc) is 2.09. The molecular weight excluding hydrogens is 192 g/mol. The predicted molar refractivity (Wildman–Crippen MR) is 59.5 cm³/mol. The third kappa shape index (κ3) is 6.05. The van der Waals surface area contributed by atoms with E-state index in [9.17, 15) is 9.59 Å². The van der Waals surface area contributed by atoms with Gasteiger partial charge < -0.3 is 4.74 Å².